The lowest BCUT2D eigenvalue weighted by atomic mass is 10.1. The lowest BCUT2D eigenvalue weighted by Crippen LogP contribution is -2.68. The summed E-state index contributed by atoms with van der Waals surface area (Å²) in [5, 5.41) is 20.4. The molecule has 1 aromatic heterocycles. The quantitative estimate of drug-likeness (QED) is 0.182. The number of nitro groups is 1. The summed E-state index contributed by atoms with van der Waals surface area (Å²) < 4.78 is 2.05. The molecule has 6 rings (SSSR count). The number of piperazine rings is 3. The van der Waals surface area contributed by atoms with Crippen LogP contribution < -0.4 is 4.90 Å². The maximum absolute atomic E-state index is 11.0. The zero-order valence-corrected chi connectivity index (χ0v) is 20.6. The molecule has 0 spiro atoms. The number of benzene rings is 2. The van der Waals surface area contributed by atoms with Crippen LogP contribution in [0.3, 0.4) is 0 Å². The van der Waals surface area contributed by atoms with E-state index in [-0.39, 0.29) is 5.69 Å². The van der Waals surface area contributed by atoms with Gasteiger partial charge >= 0.3 is 0 Å². The second-order valence-corrected chi connectivity index (χ2v) is 10.3. The van der Waals surface area contributed by atoms with Gasteiger partial charge in [0, 0.05) is 44.0 Å². The van der Waals surface area contributed by atoms with E-state index in [0.29, 0.717) is 21.4 Å². The van der Waals surface area contributed by atoms with Crippen LogP contribution in [0.5, 0.6) is 0 Å². The van der Waals surface area contributed by atoms with Crippen molar-refractivity contribution >= 4 is 55.3 Å². The molecule has 3 saturated heterocycles. The number of aromatic nitrogens is 1. The van der Waals surface area contributed by atoms with E-state index in [4.69, 9.17) is 11.6 Å². The molecule has 0 atom stereocenters. The van der Waals surface area contributed by atoms with Crippen molar-refractivity contribution in [3.63, 3.8) is 0 Å². The maximum atomic E-state index is 11.0. The molecule has 178 valence electrons. The number of thiazole rings is 1. The Labute approximate surface area is 207 Å². The number of likely N-dealkylation sites (N-methyl/N-ethyl adjacent to an activating group) is 1. The molecule has 11 heteroatoms. The number of nitro benzene ring substituents is 1. The van der Waals surface area contributed by atoms with Crippen LogP contribution in [0, 0.1) is 10.1 Å². The van der Waals surface area contributed by atoms with Crippen molar-refractivity contribution < 1.29 is 9.41 Å². The van der Waals surface area contributed by atoms with Gasteiger partial charge in [-0.2, -0.15) is 0 Å². The number of azo groups is 1. The molecule has 0 saturated carbocycles. The molecule has 0 N–H and O–H groups in total. The number of halogens is 1. The molecule has 2 bridgehead atoms. The lowest BCUT2D eigenvalue weighted by molar-refractivity contribution is -0.939. The standard InChI is InChI=1S/C23H27ClN7O2S/c1-2-29(10-14-31-11-7-28(8-12-31)9-13-31)17-3-5-20(19(24)15-17)26-27-23-25-21-16-18(30(32)33)4-6-22(21)34-23/h3-6,15-16H,2,7-14H2,1H3/q+1/b27-26+. The Balaban J connectivity index is 1.27. The second-order valence-electron chi connectivity index (χ2n) is 8.90. The van der Waals surface area contributed by atoms with Gasteiger partial charge in [-0.15, -0.1) is 10.2 Å². The number of fused-ring (bicyclic) bond motifs is 4. The van der Waals surface area contributed by atoms with Crippen molar-refractivity contribution in [2.24, 2.45) is 10.2 Å². The van der Waals surface area contributed by atoms with Gasteiger partial charge in [-0.3, -0.25) is 15.0 Å². The predicted octanol–water partition coefficient (Wildman–Crippen LogP) is 5.25. The van der Waals surface area contributed by atoms with Crippen molar-refractivity contribution in [1.29, 1.82) is 0 Å². The molecule has 3 aliphatic heterocycles. The van der Waals surface area contributed by atoms with Crippen LogP contribution in [-0.2, 0) is 0 Å². The minimum atomic E-state index is -0.433. The molecule has 0 radical (unpaired) electrons. The zero-order chi connectivity index (χ0) is 23.7. The Morgan fingerprint density at radius 3 is 2.62 bits per heavy atom. The molecular formula is C23H27ClN7O2S+. The van der Waals surface area contributed by atoms with Crippen molar-refractivity contribution in [3.8, 4) is 0 Å². The fraction of sp³-hybridized carbons (Fsp3) is 0.435. The van der Waals surface area contributed by atoms with E-state index in [0.717, 1.165) is 30.0 Å². The Hall–Kier alpha value is -2.66. The number of nitrogens with zero attached hydrogens (tertiary/aromatic N) is 7. The molecule has 0 unspecified atom stereocenters. The number of quaternary nitrogens is 1. The molecule has 34 heavy (non-hydrogen) atoms. The van der Waals surface area contributed by atoms with E-state index >= 15 is 0 Å². The first-order valence-corrected chi connectivity index (χ1v) is 12.7. The highest BCUT2D eigenvalue weighted by Gasteiger charge is 2.38. The fourth-order valence-electron chi connectivity index (χ4n) is 4.80. The fourth-order valence-corrected chi connectivity index (χ4v) is 5.78. The summed E-state index contributed by atoms with van der Waals surface area (Å²) in [4.78, 5) is 19.8. The maximum Gasteiger partial charge on any atom is 0.271 e. The normalized spacial score (nSPS) is 22.0. The van der Waals surface area contributed by atoms with Crippen molar-refractivity contribution in [3.05, 3.63) is 51.5 Å². The van der Waals surface area contributed by atoms with Gasteiger partial charge in [-0.05, 0) is 31.2 Å². The first-order chi connectivity index (χ1) is 16.4. The van der Waals surface area contributed by atoms with Gasteiger partial charge < -0.3 is 9.38 Å². The van der Waals surface area contributed by atoms with Crippen LogP contribution in [0.1, 0.15) is 6.92 Å². The van der Waals surface area contributed by atoms with Crippen LogP contribution >= 0.6 is 22.9 Å². The third-order valence-electron chi connectivity index (χ3n) is 7.01. The molecule has 0 aliphatic carbocycles. The average Bonchev–Trinajstić information content (AvgIpc) is 3.27. The Morgan fingerprint density at radius 1 is 1.18 bits per heavy atom. The van der Waals surface area contributed by atoms with Gasteiger partial charge in [-0.1, -0.05) is 22.9 Å². The number of hydrogen-bond acceptors (Lipinski definition) is 8. The van der Waals surface area contributed by atoms with E-state index in [1.807, 2.05) is 18.2 Å². The molecule has 3 aromatic rings. The summed E-state index contributed by atoms with van der Waals surface area (Å²) in [7, 11) is 0. The van der Waals surface area contributed by atoms with Crippen LogP contribution in [0.25, 0.3) is 10.2 Å². The molecule has 2 aromatic carbocycles. The summed E-state index contributed by atoms with van der Waals surface area (Å²) in [5.74, 6) is 0. The zero-order valence-electron chi connectivity index (χ0n) is 19.1. The molecule has 0 amide bonds. The Kier molecular flexibility index (Phi) is 6.48. The van der Waals surface area contributed by atoms with Gasteiger partial charge in [0.15, 0.2) is 0 Å². The summed E-state index contributed by atoms with van der Waals surface area (Å²) in [6.07, 6.45) is 0. The molecule has 9 nitrogen and oxygen atoms in total. The van der Waals surface area contributed by atoms with E-state index in [1.54, 1.807) is 6.07 Å². The summed E-state index contributed by atoms with van der Waals surface area (Å²) >= 11 is 7.89. The van der Waals surface area contributed by atoms with E-state index in [2.05, 4.69) is 31.9 Å². The highest BCUT2D eigenvalue weighted by Crippen LogP contribution is 2.34. The van der Waals surface area contributed by atoms with Gasteiger partial charge in [0.2, 0.25) is 5.13 Å². The lowest BCUT2D eigenvalue weighted by Gasteiger charge is -2.51. The molecule has 3 aliphatic rings. The molecule has 4 heterocycles. The van der Waals surface area contributed by atoms with Crippen molar-refractivity contribution in [2.45, 2.75) is 6.92 Å². The molecule has 3 fully saturated rings. The van der Waals surface area contributed by atoms with Crippen molar-refractivity contribution in [1.82, 2.24) is 9.88 Å². The third kappa shape index (κ3) is 4.76. The Morgan fingerprint density at radius 2 is 1.94 bits per heavy atom. The highest BCUT2D eigenvalue weighted by atomic mass is 35.5. The third-order valence-corrected chi connectivity index (χ3v) is 8.23. The first kappa shape index (κ1) is 23.1. The van der Waals surface area contributed by atoms with E-state index in [1.165, 1.54) is 67.2 Å². The van der Waals surface area contributed by atoms with E-state index in [9.17, 15) is 10.1 Å². The van der Waals surface area contributed by atoms with Crippen LogP contribution in [0.4, 0.5) is 22.2 Å². The summed E-state index contributed by atoms with van der Waals surface area (Å²) in [5.41, 5.74) is 2.20. The average molecular weight is 501 g/mol. The van der Waals surface area contributed by atoms with Gasteiger partial charge in [-0.25, -0.2) is 4.98 Å². The minimum Gasteiger partial charge on any atom is -0.366 e. The van der Waals surface area contributed by atoms with Gasteiger partial charge in [0.25, 0.3) is 5.69 Å². The first-order valence-electron chi connectivity index (χ1n) is 11.5. The second kappa shape index (κ2) is 9.53. The summed E-state index contributed by atoms with van der Waals surface area (Å²) in [6, 6.07) is 10.5. The largest absolute Gasteiger partial charge is 0.366 e. The summed E-state index contributed by atoms with van der Waals surface area (Å²) in [6.45, 7) is 12.7. The van der Waals surface area contributed by atoms with Crippen LogP contribution in [0.15, 0.2) is 46.6 Å². The van der Waals surface area contributed by atoms with Crippen LogP contribution in [-0.4, -0.2) is 78.2 Å². The van der Waals surface area contributed by atoms with Crippen LogP contribution in [0.2, 0.25) is 5.02 Å². The van der Waals surface area contributed by atoms with Gasteiger partial charge in [0.1, 0.15) is 5.69 Å². The monoisotopic (exact) mass is 500 g/mol. The minimum absolute atomic E-state index is 0.00717. The predicted molar refractivity (Wildman–Crippen MR) is 136 cm³/mol. The number of non-ortho nitro benzene ring substituents is 1. The molecular weight excluding hydrogens is 474 g/mol. The van der Waals surface area contributed by atoms with Gasteiger partial charge in [0.05, 0.1) is 52.9 Å². The smallest absolute Gasteiger partial charge is 0.271 e. The number of anilines is 1. The number of hydrogen-bond donors (Lipinski definition) is 0. The highest BCUT2D eigenvalue weighted by molar-refractivity contribution is 7.21. The topological polar surface area (TPSA) is 87.2 Å². The van der Waals surface area contributed by atoms with Crippen molar-refractivity contribution in [2.75, 3.05) is 63.8 Å². The number of rotatable bonds is 8. The van der Waals surface area contributed by atoms with E-state index < -0.39 is 4.92 Å². The SMILES string of the molecule is CCN(CC[N+]12CCN(CC1)CC2)c1ccc(/N=N/c2nc3cc([N+](=O)[O-])ccc3s2)c(Cl)c1. The Bertz CT molecular complexity index is 1230.